The third kappa shape index (κ3) is 36.2. The predicted octanol–water partition coefficient (Wildman–Crippen LogP) is 5.89. The maximum Gasteiger partial charge on any atom is 0.326 e. The number of nitrogens with one attached hydrogen (secondary N) is 4. The van der Waals surface area contributed by atoms with Crippen LogP contribution in [0.25, 0.3) is 0 Å². The molecule has 1 unspecified atom stereocenters. The third-order valence-corrected chi connectivity index (χ3v) is 11.6. The maximum atomic E-state index is 12.9. The number of hydrogen-bond acceptors (Lipinski definition) is 11. The first-order chi connectivity index (χ1) is 31.4. The van der Waals surface area contributed by atoms with Crippen molar-refractivity contribution in [2.75, 3.05) is 72.5 Å². The SMILES string of the molecule is CC(C)C(=O)COCCOCCNC(=O)COCCOCCNC(=O)CCC(NC(=O)C1CCC(CNC(=O)CCCCCCCCCCCCCCCCCCC(=O)O)CC1)C(=O)O. The summed E-state index contributed by atoms with van der Waals surface area (Å²) in [5.41, 5.74) is 0. The first kappa shape index (κ1) is 59.3. The fourth-order valence-electron chi connectivity index (χ4n) is 7.44. The number of amides is 4. The van der Waals surface area contributed by atoms with Gasteiger partial charge in [-0.1, -0.05) is 104 Å². The zero-order chi connectivity index (χ0) is 47.8. The van der Waals surface area contributed by atoms with Crippen LogP contribution < -0.4 is 21.3 Å². The lowest BCUT2D eigenvalue weighted by molar-refractivity contribution is -0.143. The van der Waals surface area contributed by atoms with E-state index >= 15 is 0 Å². The van der Waals surface area contributed by atoms with Crippen LogP contribution in [0.2, 0.25) is 0 Å². The molecule has 0 aliphatic heterocycles. The van der Waals surface area contributed by atoms with Gasteiger partial charge in [0.1, 0.15) is 19.3 Å². The summed E-state index contributed by atoms with van der Waals surface area (Å²) in [4.78, 5) is 83.4. The molecule has 0 aromatic carbocycles. The molecule has 0 spiro atoms. The minimum absolute atomic E-state index is 0.0348. The Morgan fingerprint density at radius 3 is 1.45 bits per heavy atom. The van der Waals surface area contributed by atoms with Crippen molar-refractivity contribution in [3.8, 4) is 0 Å². The first-order valence-corrected chi connectivity index (χ1v) is 24.8. The molecular weight excluding hydrogens is 841 g/mol. The molecule has 17 heteroatoms. The van der Waals surface area contributed by atoms with Crippen LogP contribution in [0.15, 0.2) is 0 Å². The van der Waals surface area contributed by atoms with Gasteiger partial charge in [-0.3, -0.25) is 28.8 Å². The van der Waals surface area contributed by atoms with Crippen LogP contribution in [0.4, 0.5) is 0 Å². The smallest absolute Gasteiger partial charge is 0.326 e. The molecule has 1 rings (SSSR count). The summed E-state index contributed by atoms with van der Waals surface area (Å²) in [5.74, 6) is -2.84. The first-order valence-electron chi connectivity index (χ1n) is 24.8. The van der Waals surface area contributed by atoms with Crippen molar-refractivity contribution in [1.82, 2.24) is 21.3 Å². The summed E-state index contributed by atoms with van der Waals surface area (Å²) in [7, 11) is 0. The van der Waals surface area contributed by atoms with E-state index in [2.05, 4.69) is 21.3 Å². The van der Waals surface area contributed by atoms with Crippen LogP contribution in [-0.4, -0.2) is 130 Å². The number of carbonyl (C=O) groups excluding carboxylic acids is 5. The number of carbonyl (C=O) groups is 7. The summed E-state index contributed by atoms with van der Waals surface area (Å²) < 4.78 is 21.3. The second-order valence-electron chi connectivity index (χ2n) is 17.7. The Labute approximate surface area is 388 Å². The van der Waals surface area contributed by atoms with Crippen LogP contribution >= 0.6 is 0 Å². The Bertz CT molecular complexity index is 1310. The molecule has 1 aliphatic carbocycles. The highest BCUT2D eigenvalue weighted by atomic mass is 16.5. The highest BCUT2D eigenvalue weighted by Crippen LogP contribution is 2.29. The molecule has 1 fully saturated rings. The Balaban J connectivity index is 1.99. The number of Topliss-reactive ketones (excluding diaryl/α,β-unsaturated/α-hetero) is 1. The van der Waals surface area contributed by atoms with E-state index in [1.165, 1.54) is 64.2 Å². The number of unbranched alkanes of at least 4 members (excludes halogenated alkanes) is 15. The Kier molecular flexibility index (Phi) is 37.1. The van der Waals surface area contributed by atoms with Gasteiger partial charge >= 0.3 is 11.9 Å². The quantitative estimate of drug-likeness (QED) is 0.0391. The van der Waals surface area contributed by atoms with Crippen molar-refractivity contribution in [1.29, 1.82) is 0 Å². The highest BCUT2D eigenvalue weighted by molar-refractivity contribution is 5.86. The van der Waals surface area contributed by atoms with Gasteiger partial charge in [-0.05, 0) is 50.9 Å². The third-order valence-electron chi connectivity index (χ3n) is 11.6. The van der Waals surface area contributed by atoms with Gasteiger partial charge < -0.3 is 50.4 Å². The van der Waals surface area contributed by atoms with Crippen LogP contribution in [0.3, 0.4) is 0 Å². The van der Waals surface area contributed by atoms with Gasteiger partial charge in [0, 0.05) is 50.7 Å². The van der Waals surface area contributed by atoms with Crippen molar-refractivity contribution >= 4 is 41.4 Å². The number of carboxylic acids is 2. The van der Waals surface area contributed by atoms with Crippen LogP contribution in [-0.2, 0) is 52.5 Å². The van der Waals surface area contributed by atoms with Crippen molar-refractivity contribution in [3.05, 3.63) is 0 Å². The minimum atomic E-state index is -1.19. The lowest BCUT2D eigenvalue weighted by Crippen LogP contribution is -2.45. The Hall–Kier alpha value is -3.67. The Morgan fingerprint density at radius 2 is 0.954 bits per heavy atom. The average molecular weight is 927 g/mol. The fraction of sp³-hybridized carbons (Fsp3) is 0.854. The molecule has 6 N–H and O–H groups in total. The van der Waals surface area contributed by atoms with E-state index in [4.69, 9.17) is 24.1 Å². The second-order valence-corrected chi connectivity index (χ2v) is 17.7. The maximum absolute atomic E-state index is 12.9. The summed E-state index contributed by atoms with van der Waals surface area (Å²) in [6, 6.07) is -1.18. The number of hydrogen-bond donors (Lipinski definition) is 6. The number of aliphatic carboxylic acids is 2. The number of ketones is 1. The van der Waals surface area contributed by atoms with Crippen molar-refractivity contribution in [3.63, 3.8) is 0 Å². The van der Waals surface area contributed by atoms with Crippen LogP contribution in [0, 0.1) is 17.8 Å². The summed E-state index contributed by atoms with van der Waals surface area (Å²) in [6.07, 6.45) is 22.3. The van der Waals surface area contributed by atoms with Gasteiger partial charge in [-0.2, -0.15) is 0 Å². The molecule has 0 saturated heterocycles. The van der Waals surface area contributed by atoms with Crippen LogP contribution in [0.5, 0.6) is 0 Å². The molecular formula is C48H86N4O13. The molecule has 17 nitrogen and oxygen atoms in total. The van der Waals surface area contributed by atoms with E-state index in [1.807, 2.05) is 13.8 Å². The molecule has 0 heterocycles. The van der Waals surface area contributed by atoms with Crippen molar-refractivity contribution in [2.45, 2.75) is 174 Å². The lowest BCUT2D eigenvalue weighted by Gasteiger charge is -2.28. The van der Waals surface area contributed by atoms with Gasteiger partial charge in [0.25, 0.3) is 0 Å². The van der Waals surface area contributed by atoms with Gasteiger partial charge in [0.2, 0.25) is 23.6 Å². The molecule has 1 atom stereocenters. The van der Waals surface area contributed by atoms with Crippen LogP contribution in [0.1, 0.15) is 168 Å². The molecule has 0 aromatic heterocycles. The molecule has 0 radical (unpaired) electrons. The van der Waals surface area contributed by atoms with E-state index in [-0.39, 0.29) is 99.6 Å². The van der Waals surface area contributed by atoms with Gasteiger partial charge in [-0.15, -0.1) is 0 Å². The average Bonchev–Trinajstić information content (AvgIpc) is 3.28. The van der Waals surface area contributed by atoms with E-state index in [1.54, 1.807) is 0 Å². The van der Waals surface area contributed by atoms with Crippen molar-refractivity contribution < 1.29 is 62.7 Å². The molecule has 65 heavy (non-hydrogen) atoms. The molecule has 1 saturated carbocycles. The van der Waals surface area contributed by atoms with Crippen molar-refractivity contribution in [2.24, 2.45) is 17.8 Å². The zero-order valence-corrected chi connectivity index (χ0v) is 39.9. The Morgan fingerprint density at radius 1 is 0.508 bits per heavy atom. The lowest BCUT2D eigenvalue weighted by atomic mass is 9.81. The van der Waals surface area contributed by atoms with E-state index in [9.17, 15) is 38.7 Å². The molecule has 1 aliphatic rings. The van der Waals surface area contributed by atoms with E-state index in [0.717, 1.165) is 51.4 Å². The summed E-state index contributed by atoms with van der Waals surface area (Å²) in [5, 5.41) is 29.4. The monoisotopic (exact) mass is 927 g/mol. The van der Waals surface area contributed by atoms with Gasteiger partial charge in [0.15, 0.2) is 5.78 Å². The van der Waals surface area contributed by atoms with Gasteiger partial charge in [0.05, 0.1) is 39.6 Å². The van der Waals surface area contributed by atoms with E-state index < -0.39 is 18.0 Å². The molecule has 376 valence electrons. The zero-order valence-electron chi connectivity index (χ0n) is 39.9. The molecule has 4 amide bonds. The number of rotatable bonds is 44. The summed E-state index contributed by atoms with van der Waals surface area (Å²) in [6.45, 7) is 6.15. The standard InChI is InChI=1S/C48H86N4O13/c1-38(2)42(53)36-64-33-31-63-30-28-50-45(56)37-65-34-32-62-29-27-49-44(55)26-25-41(48(60)61)52-47(59)40-23-21-39(22-24-40)35-51-43(54)19-17-15-13-11-9-7-5-3-4-6-8-10-12-14-16-18-20-46(57)58/h38-41H,3-37H2,1-2H3,(H,49,55)(H,50,56)(H,51,54)(H,52,59)(H,57,58)(H,60,61). The molecule has 0 bridgehead atoms. The second kappa shape index (κ2) is 40.6. The normalized spacial score (nSPS) is 15.3. The number of carboxylic acid groups (broad SMARTS) is 2. The topological polar surface area (TPSA) is 245 Å². The predicted molar refractivity (Wildman–Crippen MR) is 247 cm³/mol. The van der Waals surface area contributed by atoms with Gasteiger partial charge in [-0.25, -0.2) is 4.79 Å². The summed E-state index contributed by atoms with van der Waals surface area (Å²) >= 11 is 0. The number of ether oxygens (including phenoxy) is 4. The highest BCUT2D eigenvalue weighted by Gasteiger charge is 2.30. The molecule has 0 aromatic rings. The largest absolute Gasteiger partial charge is 0.481 e. The fourth-order valence-corrected chi connectivity index (χ4v) is 7.44. The van der Waals surface area contributed by atoms with E-state index in [0.29, 0.717) is 58.6 Å². The minimum Gasteiger partial charge on any atom is -0.481 e.